The summed E-state index contributed by atoms with van der Waals surface area (Å²) in [7, 11) is 3.58. The third kappa shape index (κ3) is 4.15. The molecule has 1 amide bonds. The molecule has 2 saturated heterocycles. The van der Waals surface area contributed by atoms with E-state index in [1.54, 1.807) is 19.2 Å². The maximum absolute atomic E-state index is 14.6. The molecule has 0 radical (unpaired) electrons. The fourth-order valence-electron chi connectivity index (χ4n) is 3.13. The topological polar surface area (TPSA) is 48.0 Å². The first-order valence-corrected chi connectivity index (χ1v) is 10.1. The van der Waals surface area contributed by atoms with Crippen LogP contribution in [-0.2, 0) is 4.74 Å². The monoisotopic (exact) mass is 398 g/mol. The molecule has 3 rings (SSSR count). The van der Waals surface area contributed by atoms with Crippen LogP contribution in [0.1, 0.15) is 0 Å². The molecule has 142 valence electrons. The number of likely N-dealkylation sites (N-methyl/N-ethyl adjacent to an activating group) is 1. The van der Waals surface area contributed by atoms with E-state index in [1.807, 2.05) is 28.6 Å². The maximum atomic E-state index is 14.6. The van der Waals surface area contributed by atoms with E-state index >= 15 is 0 Å². The van der Waals surface area contributed by atoms with Crippen LogP contribution in [0.15, 0.2) is 18.2 Å². The van der Waals surface area contributed by atoms with Crippen molar-refractivity contribution < 1.29 is 13.9 Å². The van der Waals surface area contributed by atoms with Gasteiger partial charge < -0.3 is 19.9 Å². The standard InChI is InChI=1S/C17H23FN4O2S2/c1-19-16(25)20(2)10-13-11-22(17(23)24-13)12-3-4-15(14(18)9-12)21-5-7-26-8-6-21/h3-4,9,13H,5-8,10-11H2,1-2H3,(H,19,25). The summed E-state index contributed by atoms with van der Waals surface area (Å²) in [4.78, 5) is 17.5. The Balaban J connectivity index is 1.68. The Morgan fingerprint density at radius 2 is 2.19 bits per heavy atom. The highest BCUT2D eigenvalue weighted by Gasteiger charge is 2.33. The maximum Gasteiger partial charge on any atom is 0.414 e. The first-order valence-electron chi connectivity index (χ1n) is 8.53. The van der Waals surface area contributed by atoms with Gasteiger partial charge in [0.15, 0.2) is 5.11 Å². The summed E-state index contributed by atoms with van der Waals surface area (Å²) in [5, 5.41) is 3.46. The summed E-state index contributed by atoms with van der Waals surface area (Å²) < 4.78 is 20.0. The molecule has 2 heterocycles. The molecule has 26 heavy (non-hydrogen) atoms. The zero-order valence-electron chi connectivity index (χ0n) is 14.9. The van der Waals surface area contributed by atoms with Crippen LogP contribution in [-0.4, -0.2) is 74.0 Å². The summed E-state index contributed by atoms with van der Waals surface area (Å²) in [6.45, 7) is 2.53. The number of nitrogens with one attached hydrogen (secondary N) is 1. The van der Waals surface area contributed by atoms with Crippen molar-refractivity contribution in [3.8, 4) is 0 Å². The molecule has 0 aliphatic carbocycles. The predicted molar refractivity (Wildman–Crippen MR) is 108 cm³/mol. The average Bonchev–Trinajstić information content (AvgIpc) is 3.01. The van der Waals surface area contributed by atoms with Crippen LogP contribution >= 0.6 is 24.0 Å². The smallest absolute Gasteiger partial charge is 0.414 e. The van der Waals surface area contributed by atoms with E-state index in [4.69, 9.17) is 17.0 Å². The molecule has 6 nitrogen and oxygen atoms in total. The molecule has 9 heteroatoms. The Morgan fingerprint density at radius 1 is 1.46 bits per heavy atom. The lowest BCUT2D eigenvalue weighted by molar-refractivity contribution is 0.130. The van der Waals surface area contributed by atoms with E-state index in [-0.39, 0.29) is 11.9 Å². The Labute approximate surface area is 162 Å². The third-order valence-corrected chi connectivity index (χ3v) is 5.97. The van der Waals surface area contributed by atoms with Crippen molar-refractivity contribution >= 4 is 46.6 Å². The predicted octanol–water partition coefficient (Wildman–Crippen LogP) is 2.14. The number of cyclic esters (lactones) is 1. The molecule has 1 N–H and O–H groups in total. The normalized spacial score (nSPS) is 20.1. The molecule has 2 fully saturated rings. The second kappa shape index (κ2) is 8.30. The average molecular weight is 399 g/mol. The highest BCUT2D eigenvalue weighted by atomic mass is 32.2. The number of thiocarbonyl (C=S) groups is 1. The molecule has 1 unspecified atom stereocenters. The zero-order valence-corrected chi connectivity index (χ0v) is 16.5. The van der Waals surface area contributed by atoms with E-state index in [1.165, 1.54) is 11.0 Å². The van der Waals surface area contributed by atoms with E-state index in [0.29, 0.717) is 29.6 Å². The fourth-order valence-corrected chi connectivity index (χ4v) is 4.11. The number of thioether (sulfide) groups is 1. The summed E-state index contributed by atoms with van der Waals surface area (Å²) in [6.07, 6.45) is -0.777. The van der Waals surface area contributed by atoms with Crippen LogP contribution in [0, 0.1) is 5.82 Å². The van der Waals surface area contributed by atoms with Crippen molar-refractivity contribution in [2.45, 2.75) is 6.10 Å². The number of carbonyl (C=O) groups excluding carboxylic acids is 1. The molecule has 2 aliphatic rings. The van der Waals surface area contributed by atoms with E-state index in [0.717, 1.165) is 24.6 Å². The van der Waals surface area contributed by atoms with Gasteiger partial charge in [0.2, 0.25) is 0 Å². The molecule has 0 saturated carbocycles. The summed E-state index contributed by atoms with van der Waals surface area (Å²) in [5.74, 6) is 1.70. The number of rotatable bonds is 4. The van der Waals surface area contributed by atoms with Gasteiger partial charge in [0, 0.05) is 38.7 Å². The number of carbonyl (C=O) groups is 1. The molecule has 1 aromatic rings. The number of halogens is 1. The van der Waals surface area contributed by atoms with Crippen LogP contribution in [0.2, 0.25) is 0 Å². The minimum atomic E-state index is -0.458. The van der Waals surface area contributed by atoms with Gasteiger partial charge in [-0.15, -0.1) is 0 Å². The number of anilines is 2. The van der Waals surface area contributed by atoms with Gasteiger partial charge in [0.1, 0.15) is 11.9 Å². The van der Waals surface area contributed by atoms with Gasteiger partial charge in [0.25, 0.3) is 0 Å². The minimum Gasteiger partial charge on any atom is -0.442 e. The lowest BCUT2D eigenvalue weighted by Gasteiger charge is -2.29. The Kier molecular flexibility index (Phi) is 6.08. The van der Waals surface area contributed by atoms with Crippen LogP contribution in [0.3, 0.4) is 0 Å². The molecule has 0 spiro atoms. The van der Waals surface area contributed by atoms with Gasteiger partial charge in [-0.25, -0.2) is 9.18 Å². The molecule has 2 aliphatic heterocycles. The number of hydrogen-bond acceptors (Lipinski definition) is 5. The summed E-state index contributed by atoms with van der Waals surface area (Å²) >= 11 is 7.04. The van der Waals surface area contributed by atoms with Gasteiger partial charge in [0.05, 0.1) is 24.5 Å². The number of benzene rings is 1. The van der Waals surface area contributed by atoms with E-state index < -0.39 is 6.09 Å². The van der Waals surface area contributed by atoms with Gasteiger partial charge >= 0.3 is 6.09 Å². The lowest BCUT2D eigenvalue weighted by Crippen LogP contribution is -2.40. The lowest BCUT2D eigenvalue weighted by atomic mass is 10.2. The third-order valence-electron chi connectivity index (χ3n) is 4.51. The van der Waals surface area contributed by atoms with E-state index in [9.17, 15) is 9.18 Å². The molecule has 1 aromatic carbocycles. The van der Waals surface area contributed by atoms with Gasteiger partial charge in [-0.2, -0.15) is 11.8 Å². The van der Waals surface area contributed by atoms with Crippen molar-refractivity contribution in [1.29, 1.82) is 0 Å². The first kappa shape index (κ1) is 19.0. The highest BCUT2D eigenvalue weighted by molar-refractivity contribution is 7.99. The summed E-state index contributed by atoms with van der Waals surface area (Å²) in [6, 6.07) is 4.96. The Bertz CT molecular complexity index is 685. The second-order valence-corrected chi connectivity index (χ2v) is 7.90. The molecule has 1 atom stereocenters. The number of hydrogen-bond donors (Lipinski definition) is 1. The van der Waals surface area contributed by atoms with Crippen LogP contribution < -0.4 is 15.1 Å². The second-order valence-electron chi connectivity index (χ2n) is 6.29. The number of ether oxygens (including phenoxy) is 1. The van der Waals surface area contributed by atoms with Crippen LogP contribution in [0.5, 0.6) is 0 Å². The SMILES string of the molecule is CNC(=S)N(C)CC1CN(c2ccc(N3CCSCC3)c(F)c2)C(=O)O1. The number of nitrogens with zero attached hydrogens (tertiary/aromatic N) is 3. The van der Waals surface area contributed by atoms with Crippen LogP contribution in [0.25, 0.3) is 0 Å². The van der Waals surface area contributed by atoms with Crippen molar-refractivity contribution in [1.82, 2.24) is 10.2 Å². The van der Waals surface area contributed by atoms with E-state index in [2.05, 4.69) is 5.32 Å². The Hall–Kier alpha value is -1.74. The van der Waals surface area contributed by atoms with Gasteiger partial charge in [-0.05, 0) is 30.4 Å². The van der Waals surface area contributed by atoms with Gasteiger partial charge in [-0.1, -0.05) is 0 Å². The van der Waals surface area contributed by atoms with Crippen molar-refractivity contribution in [2.24, 2.45) is 0 Å². The minimum absolute atomic E-state index is 0.306. The van der Waals surface area contributed by atoms with Crippen molar-refractivity contribution in [2.75, 3.05) is 61.6 Å². The van der Waals surface area contributed by atoms with Crippen molar-refractivity contribution in [3.63, 3.8) is 0 Å². The van der Waals surface area contributed by atoms with Crippen molar-refractivity contribution in [3.05, 3.63) is 24.0 Å². The highest BCUT2D eigenvalue weighted by Crippen LogP contribution is 2.29. The van der Waals surface area contributed by atoms with Crippen LogP contribution in [0.4, 0.5) is 20.6 Å². The molecule has 0 bridgehead atoms. The van der Waals surface area contributed by atoms with Gasteiger partial charge in [-0.3, -0.25) is 4.90 Å². The Morgan fingerprint density at radius 3 is 2.85 bits per heavy atom. The summed E-state index contributed by atoms with van der Waals surface area (Å²) in [5.41, 5.74) is 1.11. The molecular formula is C17H23FN4O2S2. The largest absolute Gasteiger partial charge is 0.442 e. The molecule has 0 aromatic heterocycles. The quantitative estimate of drug-likeness (QED) is 0.780. The number of amides is 1. The first-order chi connectivity index (χ1) is 12.5. The molecular weight excluding hydrogens is 375 g/mol. The fraction of sp³-hybridized carbons (Fsp3) is 0.529. The zero-order chi connectivity index (χ0) is 18.7.